The van der Waals surface area contributed by atoms with Gasteiger partial charge in [0, 0.05) is 0 Å². The Balaban J connectivity index is 2.40. The summed E-state index contributed by atoms with van der Waals surface area (Å²) in [6.07, 6.45) is 1.43. The monoisotopic (exact) mass is 389 g/mol. The lowest BCUT2D eigenvalue weighted by Crippen LogP contribution is -2.14. The van der Waals surface area contributed by atoms with Crippen molar-refractivity contribution >= 4 is 48.9 Å². The molecule has 0 unspecified atom stereocenters. The summed E-state index contributed by atoms with van der Waals surface area (Å²) in [6, 6.07) is 4.48. The first-order valence-corrected chi connectivity index (χ1v) is 8.56. The average molecular weight is 391 g/mol. The molecule has 2 aromatic rings. The van der Waals surface area contributed by atoms with Crippen LogP contribution in [0.4, 0.5) is 11.4 Å². The summed E-state index contributed by atoms with van der Waals surface area (Å²) >= 11 is 9.20. The molecular formula is C13H13BrClN3O2S. The molecule has 0 aliphatic carbocycles. The number of hydrogen-bond donors (Lipinski definition) is 2. The van der Waals surface area contributed by atoms with E-state index < -0.39 is 10.0 Å². The lowest BCUT2D eigenvalue weighted by molar-refractivity contribution is 0.601. The number of nitrogens with one attached hydrogen (secondary N) is 1. The van der Waals surface area contributed by atoms with E-state index in [1.54, 1.807) is 13.0 Å². The van der Waals surface area contributed by atoms with Gasteiger partial charge in [-0.3, -0.25) is 4.72 Å². The molecule has 112 valence electrons. The third kappa shape index (κ3) is 3.48. The molecule has 0 atom stereocenters. The first-order valence-electron chi connectivity index (χ1n) is 5.91. The zero-order chi connectivity index (χ0) is 15.8. The molecular weight excluding hydrogens is 378 g/mol. The average Bonchev–Trinajstić information content (AvgIpc) is 2.39. The van der Waals surface area contributed by atoms with E-state index in [1.807, 2.05) is 6.92 Å². The van der Waals surface area contributed by atoms with E-state index in [2.05, 4.69) is 25.6 Å². The molecule has 0 aliphatic heterocycles. The number of pyridine rings is 1. The van der Waals surface area contributed by atoms with Crippen molar-refractivity contribution in [1.29, 1.82) is 0 Å². The summed E-state index contributed by atoms with van der Waals surface area (Å²) in [7, 11) is -3.75. The van der Waals surface area contributed by atoms with Gasteiger partial charge >= 0.3 is 0 Å². The highest BCUT2D eigenvalue weighted by atomic mass is 79.9. The second kappa shape index (κ2) is 5.82. The van der Waals surface area contributed by atoms with E-state index in [-0.39, 0.29) is 10.6 Å². The summed E-state index contributed by atoms with van der Waals surface area (Å²) in [5.74, 6) is 0. The van der Waals surface area contributed by atoms with Crippen LogP contribution < -0.4 is 10.5 Å². The van der Waals surface area contributed by atoms with E-state index in [1.165, 1.54) is 18.3 Å². The molecule has 3 N–H and O–H groups in total. The number of nitrogens with zero attached hydrogens (tertiary/aromatic N) is 1. The van der Waals surface area contributed by atoms with Gasteiger partial charge in [0.25, 0.3) is 10.0 Å². The lowest BCUT2D eigenvalue weighted by atomic mass is 10.2. The van der Waals surface area contributed by atoms with Gasteiger partial charge < -0.3 is 5.73 Å². The Kier molecular flexibility index (Phi) is 4.46. The molecule has 21 heavy (non-hydrogen) atoms. The number of benzene rings is 1. The summed E-state index contributed by atoms with van der Waals surface area (Å²) in [6.45, 7) is 3.52. The molecule has 0 radical (unpaired) electrons. The normalized spacial score (nSPS) is 11.4. The quantitative estimate of drug-likeness (QED) is 0.620. The molecule has 1 aromatic carbocycles. The van der Waals surface area contributed by atoms with Crippen molar-refractivity contribution < 1.29 is 8.42 Å². The van der Waals surface area contributed by atoms with Gasteiger partial charge in [-0.05, 0) is 59.1 Å². The number of nitrogen functional groups attached to an aromatic ring is 1. The molecule has 1 aromatic heterocycles. The van der Waals surface area contributed by atoms with Gasteiger partial charge in [0.1, 0.15) is 4.60 Å². The minimum Gasteiger partial charge on any atom is -0.397 e. The van der Waals surface area contributed by atoms with E-state index in [0.29, 0.717) is 20.9 Å². The van der Waals surface area contributed by atoms with Gasteiger partial charge in [0.05, 0.1) is 27.5 Å². The maximum atomic E-state index is 12.4. The fourth-order valence-corrected chi connectivity index (χ4v) is 3.23. The van der Waals surface area contributed by atoms with E-state index in [9.17, 15) is 8.42 Å². The molecule has 0 aliphatic rings. The number of aryl methyl sites for hydroxylation is 2. The van der Waals surface area contributed by atoms with Gasteiger partial charge in [-0.2, -0.15) is 0 Å². The predicted octanol–water partition coefficient (Wildman–Crippen LogP) is 3.50. The van der Waals surface area contributed by atoms with Crippen LogP contribution in [-0.4, -0.2) is 13.4 Å². The van der Waals surface area contributed by atoms with Crippen molar-refractivity contribution in [2.45, 2.75) is 18.7 Å². The molecule has 1 heterocycles. The Morgan fingerprint density at radius 1 is 1.24 bits per heavy atom. The minimum absolute atomic E-state index is 0.0578. The standard InChI is InChI=1S/C13H13BrClN3O2S/c1-7-4-10(5-11(16)12(7)15)21(19,20)18-9-3-8(2)13(14)17-6-9/h3-6,18H,16H2,1-2H3. The van der Waals surface area contributed by atoms with Gasteiger partial charge in [0.15, 0.2) is 0 Å². The second-order valence-electron chi connectivity index (χ2n) is 4.58. The fourth-order valence-electron chi connectivity index (χ4n) is 1.75. The number of nitrogens with two attached hydrogens (primary N) is 1. The van der Waals surface area contributed by atoms with Crippen LogP contribution in [0.2, 0.25) is 5.02 Å². The van der Waals surface area contributed by atoms with Crippen LogP contribution in [0.3, 0.4) is 0 Å². The highest BCUT2D eigenvalue weighted by Gasteiger charge is 2.17. The maximum Gasteiger partial charge on any atom is 0.262 e. The van der Waals surface area contributed by atoms with Crippen LogP contribution in [-0.2, 0) is 10.0 Å². The summed E-state index contributed by atoms with van der Waals surface area (Å²) in [4.78, 5) is 4.11. The highest BCUT2D eigenvalue weighted by molar-refractivity contribution is 9.10. The molecule has 0 saturated carbocycles. The fraction of sp³-hybridized carbons (Fsp3) is 0.154. The van der Waals surface area contributed by atoms with Crippen LogP contribution in [0.25, 0.3) is 0 Å². The predicted molar refractivity (Wildman–Crippen MR) is 88.1 cm³/mol. The van der Waals surface area contributed by atoms with Crippen molar-refractivity contribution in [1.82, 2.24) is 4.98 Å². The molecule has 0 spiro atoms. The Labute approximate surface area is 136 Å². The molecule has 2 rings (SSSR count). The molecule has 0 saturated heterocycles. The first-order chi connectivity index (χ1) is 9.70. The zero-order valence-electron chi connectivity index (χ0n) is 11.3. The van der Waals surface area contributed by atoms with Gasteiger partial charge in [-0.1, -0.05) is 11.6 Å². The number of sulfonamides is 1. The molecule has 8 heteroatoms. The Bertz CT molecular complexity index is 786. The van der Waals surface area contributed by atoms with Crippen molar-refractivity contribution in [2.75, 3.05) is 10.5 Å². The van der Waals surface area contributed by atoms with Crippen LogP contribution in [0.1, 0.15) is 11.1 Å². The van der Waals surface area contributed by atoms with Gasteiger partial charge in [-0.25, -0.2) is 13.4 Å². The third-order valence-corrected chi connectivity index (χ3v) is 5.54. The summed E-state index contributed by atoms with van der Waals surface area (Å²) in [5, 5.41) is 0.357. The molecule has 0 fully saturated rings. The molecule has 5 nitrogen and oxygen atoms in total. The van der Waals surface area contributed by atoms with E-state index >= 15 is 0 Å². The SMILES string of the molecule is Cc1cc(NS(=O)(=O)c2cc(C)c(Cl)c(N)c2)cnc1Br. The molecule has 0 amide bonds. The van der Waals surface area contributed by atoms with E-state index in [4.69, 9.17) is 17.3 Å². The third-order valence-electron chi connectivity index (χ3n) is 2.83. The Morgan fingerprint density at radius 2 is 1.90 bits per heavy atom. The largest absolute Gasteiger partial charge is 0.397 e. The number of halogens is 2. The zero-order valence-corrected chi connectivity index (χ0v) is 14.5. The lowest BCUT2D eigenvalue weighted by Gasteiger charge is -2.11. The second-order valence-corrected chi connectivity index (χ2v) is 7.39. The van der Waals surface area contributed by atoms with Gasteiger partial charge in [0.2, 0.25) is 0 Å². The maximum absolute atomic E-state index is 12.4. The van der Waals surface area contributed by atoms with E-state index in [0.717, 1.165) is 5.56 Å². The highest BCUT2D eigenvalue weighted by Crippen LogP contribution is 2.28. The smallest absolute Gasteiger partial charge is 0.262 e. The van der Waals surface area contributed by atoms with Gasteiger partial charge in [-0.15, -0.1) is 0 Å². The summed E-state index contributed by atoms with van der Waals surface area (Å²) in [5.41, 5.74) is 7.73. The molecule has 0 bridgehead atoms. The number of hydrogen-bond acceptors (Lipinski definition) is 4. The first kappa shape index (κ1) is 16.1. The van der Waals surface area contributed by atoms with Crippen LogP contribution >= 0.6 is 27.5 Å². The van der Waals surface area contributed by atoms with Crippen LogP contribution in [0, 0.1) is 13.8 Å². The Morgan fingerprint density at radius 3 is 2.48 bits per heavy atom. The van der Waals surface area contributed by atoms with Crippen LogP contribution in [0.15, 0.2) is 33.9 Å². The minimum atomic E-state index is -3.75. The number of rotatable bonds is 3. The number of anilines is 2. The van der Waals surface area contributed by atoms with Crippen molar-refractivity contribution in [2.24, 2.45) is 0 Å². The number of aromatic nitrogens is 1. The topological polar surface area (TPSA) is 85.1 Å². The Hall–Kier alpha value is -1.31. The summed E-state index contributed by atoms with van der Waals surface area (Å²) < 4.78 is 27.9. The van der Waals surface area contributed by atoms with Crippen LogP contribution in [0.5, 0.6) is 0 Å². The van der Waals surface area contributed by atoms with Crippen molar-refractivity contribution in [3.63, 3.8) is 0 Å². The van der Waals surface area contributed by atoms with Crippen molar-refractivity contribution in [3.05, 3.63) is 45.1 Å². The van der Waals surface area contributed by atoms with Crippen molar-refractivity contribution in [3.8, 4) is 0 Å².